The number of aromatic nitrogens is 1. The van der Waals surface area contributed by atoms with Gasteiger partial charge in [0.05, 0.1) is 12.8 Å². The van der Waals surface area contributed by atoms with Crippen LogP contribution in [0, 0.1) is 0 Å². The van der Waals surface area contributed by atoms with Crippen LogP contribution in [0.25, 0.3) is 0 Å². The van der Waals surface area contributed by atoms with Crippen LogP contribution in [0.4, 0.5) is 0 Å². The summed E-state index contributed by atoms with van der Waals surface area (Å²) in [6, 6.07) is 1.97. The molecule has 0 saturated heterocycles. The van der Waals surface area contributed by atoms with Crippen molar-refractivity contribution in [3.8, 4) is 0 Å². The molecule has 0 bridgehead atoms. The van der Waals surface area contributed by atoms with Crippen molar-refractivity contribution < 1.29 is 14.1 Å². The molecule has 0 aliphatic rings. The molecule has 5 nitrogen and oxygen atoms in total. The van der Waals surface area contributed by atoms with Crippen molar-refractivity contribution in [2.75, 3.05) is 13.2 Å². The number of rotatable bonds is 13. The highest BCUT2D eigenvalue weighted by molar-refractivity contribution is 5.76. The fourth-order valence-corrected chi connectivity index (χ4v) is 2.27. The van der Waals surface area contributed by atoms with E-state index in [0.29, 0.717) is 13.0 Å². The predicted molar refractivity (Wildman–Crippen MR) is 91.9 cm³/mol. The summed E-state index contributed by atoms with van der Waals surface area (Å²) in [6.07, 6.45) is 10.9. The van der Waals surface area contributed by atoms with Crippen LogP contribution >= 0.6 is 0 Å². The molecule has 0 N–H and O–H groups in total. The van der Waals surface area contributed by atoms with Gasteiger partial charge >= 0.3 is 5.97 Å². The Morgan fingerprint density at radius 1 is 1.22 bits per heavy atom. The number of carbonyl (C=O) groups excluding carboxylic acids is 1. The van der Waals surface area contributed by atoms with Crippen LogP contribution in [0.5, 0.6) is 0 Å². The van der Waals surface area contributed by atoms with E-state index in [1.54, 1.807) is 6.21 Å². The van der Waals surface area contributed by atoms with Gasteiger partial charge in [-0.15, -0.1) is 0 Å². The van der Waals surface area contributed by atoms with Gasteiger partial charge in [0.1, 0.15) is 11.5 Å². The Balaban J connectivity index is 2.04. The van der Waals surface area contributed by atoms with Crippen LogP contribution in [0.2, 0.25) is 0 Å². The summed E-state index contributed by atoms with van der Waals surface area (Å²) >= 11 is 0. The summed E-state index contributed by atoms with van der Waals surface area (Å²) < 4.78 is 10.2. The number of ether oxygens (including phenoxy) is 1. The molecule has 0 spiro atoms. The molecule has 23 heavy (non-hydrogen) atoms. The minimum absolute atomic E-state index is 0.0914. The van der Waals surface area contributed by atoms with Gasteiger partial charge in [-0.2, -0.15) is 0 Å². The molecule has 0 radical (unpaired) electrons. The SMILES string of the molecule is CCCCCc1cc(C=NCCCCCCC(=O)OCC)no1. The maximum absolute atomic E-state index is 11.2. The fourth-order valence-electron chi connectivity index (χ4n) is 2.27. The first-order valence-corrected chi connectivity index (χ1v) is 8.87. The third kappa shape index (κ3) is 9.87. The maximum atomic E-state index is 11.2. The minimum Gasteiger partial charge on any atom is -0.466 e. The number of nitrogens with zero attached hydrogens (tertiary/aromatic N) is 2. The van der Waals surface area contributed by atoms with Gasteiger partial charge in [-0.3, -0.25) is 9.79 Å². The predicted octanol–water partition coefficient (Wildman–Crippen LogP) is 4.34. The fraction of sp³-hybridized carbons (Fsp3) is 0.722. The Bertz CT molecular complexity index is 455. The standard InChI is InChI=1S/C18H30N2O3/c1-3-5-8-11-17-14-16(20-23-17)15-19-13-10-7-6-9-12-18(21)22-4-2/h14-15H,3-13H2,1-2H3. The van der Waals surface area contributed by atoms with Gasteiger partial charge in [0.2, 0.25) is 0 Å². The molecule has 0 amide bonds. The highest BCUT2D eigenvalue weighted by atomic mass is 16.5. The molecule has 5 heteroatoms. The average Bonchev–Trinajstić information content (AvgIpc) is 2.98. The van der Waals surface area contributed by atoms with Crippen molar-refractivity contribution >= 4 is 12.2 Å². The van der Waals surface area contributed by atoms with Crippen molar-refractivity contribution in [3.05, 3.63) is 17.5 Å². The lowest BCUT2D eigenvalue weighted by atomic mass is 10.1. The van der Waals surface area contributed by atoms with Crippen LogP contribution in [-0.4, -0.2) is 30.5 Å². The smallest absolute Gasteiger partial charge is 0.305 e. The van der Waals surface area contributed by atoms with E-state index in [-0.39, 0.29) is 5.97 Å². The monoisotopic (exact) mass is 322 g/mol. The summed E-state index contributed by atoms with van der Waals surface area (Å²) in [7, 11) is 0. The van der Waals surface area contributed by atoms with E-state index >= 15 is 0 Å². The molecule has 0 aromatic carbocycles. The first-order chi connectivity index (χ1) is 11.3. The molecule has 1 heterocycles. The van der Waals surface area contributed by atoms with Gasteiger partial charge < -0.3 is 9.26 Å². The van der Waals surface area contributed by atoms with Crippen LogP contribution in [0.3, 0.4) is 0 Å². The summed E-state index contributed by atoms with van der Waals surface area (Å²) in [5, 5.41) is 4.00. The zero-order chi connectivity index (χ0) is 16.8. The number of esters is 1. The lowest BCUT2D eigenvalue weighted by Gasteiger charge is -2.01. The van der Waals surface area contributed by atoms with Crippen LogP contribution in [0.1, 0.15) is 76.7 Å². The van der Waals surface area contributed by atoms with E-state index in [2.05, 4.69) is 17.1 Å². The number of aliphatic imine (C=N–C) groups is 1. The van der Waals surface area contributed by atoms with Crippen LogP contribution in [-0.2, 0) is 16.0 Å². The Morgan fingerprint density at radius 3 is 2.83 bits per heavy atom. The summed E-state index contributed by atoms with van der Waals surface area (Å²) in [6.45, 7) is 5.28. The van der Waals surface area contributed by atoms with E-state index in [0.717, 1.165) is 56.5 Å². The van der Waals surface area contributed by atoms with Gasteiger partial charge in [-0.1, -0.05) is 37.8 Å². The first-order valence-electron chi connectivity index (χ1n) is 8.87. The maximum Gasteiger partial charge on any atom is 0.305 e. The van der Waals surface area contributed by atoms with Crippen LogP contribution < -0.4 is 0 Å². The minimum atomic E-state index is -0.0914. The molecular weight excluding hydrogens is 292 g/mol. The highest BCUT2D eigenvalue weighted by Crippen LogP contribution is 2.08. The van der Waals surface area contributed by atoms with Gasteiger partial charge in [0.15, 0.2) is 0 Å². The Labute approximate surface area is 139 Å². The number of hydrogen-bond donors (Lipinski definition) is 0. The molecule has 0 unspecified atom stereocenters. The topological polar surface area (TPSA) is 64.7 Å². The quantitative estimate of drug-likeness (QED) is 0.308. The van der Waals surface area contributed by atoms with Crippen LogP contribution in [0.15, 0.2) is 15.6 Å². The van der Waals surface area contributed by atoms with E-state index in [4.69, 9.17) is 9.26 Å². The molecule has 0 fully saturated rings. The largest absolute Gasteiger partial charge is 0.466 e. The highest BCUT2D eigenvalue weighted by Gasteiger charge is 2.02. The van der Waals surface area contributed by atoms with Crippen molar-refractivity contribution in [2.45, 2.75) is 71.6 Å². The number of unbranched alkanes of at least 4 members (excludes halogenated alkanes) is 5. The van der Waals surface area contributed by atoms with E-state index in [9.17, 15) is 4.79 Å². The Hall–Kier alpha value is -1.65. The average molecular weight is 322 g/mol. The molecule has 1 rings (SSSR count). The second-order valence-corrected chi connectivity index (χ2v) is 5.68. The van der Waals surface area contributed by atoms with Crippen molar-refractivity contribution in [2.24, 2.45) is 4.99 Å². The zero-order valence-electron chi connectivity index (χ0n) is 14.6. The zero-order valence-corrected chi connectivity index (χ0v) is 14.6. The molecule has 0 saturated carbocycles. The molecule has 1 aromatic heterocycles. The van der Waals surface area contributed by atoms with E-state index < -0.39 is 0 Å². The molecule has 0 aliphatic carbocycles. The lowest BCUT2D eigenvalue weighted by Crippen LogP contribution is -2.03. The molecule has 130 valence electrons. The third-order valence-electron chi connectivity index (χ3n) is 3.55. The number of aryl methyl sites for hydroxylation is 1. The lowest BCUT2D eigenvalue weighted by molar-refractivity contribution is -0.143. The molecule has 1 aromatic rings. The first kappa shape index (κ1) is 19.4. The van der Waals surface area contributed by atoms with Gasteiger partial charge in [-0.25, -0.2) is 0 Å². The Morgan fingerprint density at radius 2 is 2.04 bits per heavy atom. The third-order valence-corrected chi connectivity index (χ3v) is 3.55. The number of hydrogen-bond acceptors (Lipinski definition) is 5. The van der Waals surface area contributed by atoms with Gasteiger partial charge in [0, 0.05) is 25.5 Å². The molecular formula is C18H30N2O3. The van der Waals surface area contributed by atoms with Gasteiger partial charge in [0.25, 0.3) is 0 Å². The summed E-state index contributed by atoms with van der Waals surface area (Å²) in [5.74, 6) is 0.852. The van der Waals surface area contributed by atoms with E-state index in [1.165, 1.54) is 12.8 Å². The van der Waals surface area contributed by atoms with Crippen molar-refractivity contribution in [1.29, 1.82) is 0 Å². The normalized spacial score (nSPS) is 11.2. The molecule has 0 aliphatic heterocycles. The summed E-state index contributed by atoms with van der Waals surface area (Å²) in [5.41, 5.74) is 0.804. The Kier molecular flexibility index (Phi) is 10.8. The molecule has 0 atom stereocenters. The van der Waals surface area contributed by atoms with Gasteiger partial charge in [-0.05, 0) is 26.2 Å². The second-order valence-electron chi connectivity index (χ2n) is 5.68. The van der Waals surface area contributed by atoms with Crippen molar-refractivity contribution in [1.82, 2.24) is 5.16 Å². The summed E-state index contributed by atoms with van der Waals surface area (Å²) in [4.78, 5) is 15.5. The van der Waals surface area contributed by atoms with Crippen molar-refractivity contribution in [3.63, 3.8) is 0 Å². The van der Waals surface area contributed by atoms with E-state index in [1.807, 2.05) is 13.0 Å². The number of carbonyl (C=O) groups is 1. The second kappa shape index (κ2) is 12.9.